The van der Waals surface area contributed by atoms with Gasteiger partial charge in [-0.25, -0.2) is 0 Å². The van der Waals surface area contributed by atoms with E-state index < -0.39 is 0 Å². The molecule has 1 aromatic carbocycles. The molecule has 1 aromatic rings. The highest BCUT2D eigenvalue weighted by molar-refractivity contribution is 6.42. The molecule has 25 heavy (non-hydrogen) atoms. The molecule has 0 N–H and O–H groups in total. The van der Waals surface area contributed by atoms with Gasteiger partial charge in [0.1, 0.15) is 12.6 Å². The molecule has 0 aliphatic carbocycles. The lowest BCUT2D eigenvalue weighted by Gasteiger charge is -2.43. The Morgan fingerprint density at radius 2 is 2.04 bits per heavy atom. The van der Waals surface area contributed by atoms with Crippen molar-refractivity contribution in [1.29, 1.82) is 0 Å². The standard InChI is InChI=1S/C19H25Cl2NO3/c1-4-16(23)18-13(11-5-6-14(20)15(21)7-11)8-12-9-17(25-10-24-3)19(18)22(12)2/h5-7,12-13,17-19H,4,8-10H2,1-3H3/t12?,13-,17-,18?,19?/m1/s1. The molecule has 2 bridgehead atoms. The number of nitrogens with zero attached hydrogens (tertiary/aromatic N) is 1. The summed E-state index contributed by atoms with van der Waals surface area (Å²) in [5, 5.41) is 1.08. The van der Waals surface area contributed by atoms with Crippen LogP contribution in [0.4, 0.5) is 0 Å². The molecule has 0 aromatic heterocycles. The third-order valence-corrected chi connectivity index (χ3v) is 6.49. The maximum Gasteiger partial charge on any atom is 0.146 e. The van der Waals surface area contributed by atoms with Crippen LogP contribution in [0.25, 0.3) is 0 Å². The minimum absolute atomic E-state index is 0.0169. The SMILES string of the molecule is CCC(=O)C1C2[C@H](OCOC)CC(C[C@@H]1c1ccc(Cl)c(Cl)c1)N2C. The van der Waals surface area contributed by atoms with Gasteiger partial charge in [-0.2, -0.15) is 0 Å². The number of piperidine rings is 1. The molecule has 3 rings (SSSR count). The molecule has 2 aliphatic heterocycles. The van der Waals surface area contributed by atoms with Crippen molar-refractivity contribution in [2.45, 2.75) is 50.3 Å². The van der Waals surface area contributed by atoms with Crippen LogP contribution in [0.15, 0.2) is 18.2 Å². The minimum Gasteiger partial charge on any atom is -0.359 e. The number of hydrogen-bond donors (Lipinski definition) is 0. The van der Waals surface area contributed by atoms with Crippen LogP contribution in [0.1, 0.15) is 37.7 Å². The molecule has 0 radical (unpaired) electrons. The summed E-state index contributed by atoms with van der Waals surface area (Å²) in [5.74, 6) is 0.316. The highest BCUT2D eigenvalue weighted by Gasteiger charge is 2.53. The molecule has 0 amide bonds. The van der Waals surface area contributed by atoms with Gasteiger partial charge in [0.15, 0.2) is 0 Å². The van der Waals surface area contributed by atoms with Crippen LogP contribution >= 0.6 is 23.2 Å². The van der Waals surface area contributed by atoms with Crippen LogP contribution in [-0.4, -0.2) is 49.8 Å². The van der Waals surface area contributed by atoms with Crippen LogP contribution in [0.2, 0.25) is 10.0 Å². The number of benzene rings is 1. The van der Waals surface area contributed by atoms with Crippen molar-refractivity contribution in [3.63, 3.8) is 0 Å². The minimum atomic E-state index is -0.104. The van der Waals surface area contributed by atoms with E-state index in [0.717, 1.165) is 18.4 Å². The van der Waals surface area contributed by atoms with Crippen LogP contribution in [0.3, 0.4) is 0 Å². The number of rotatable bonds is 6. The number of carbonyl (C=O) groups excluding carboxylic acids is 1. The summed E-state index contributed by atoms with van der Waals surface area (Å²) in [6.45, 7) is 2.19. The maximum absolute atomic E-state index is 12.9. The van der Waals surface area contributed by atoms with Crippen molar-refractivity contribution >= 4 is 29.0 Å². The summed E-state index contributed by atoms with van der Waals surface area (Å²) >= 11 is 12.3. The zero-order valence-corrected chi connectivity index (χ0v) is 16.4. The molecule has 4 nitrogen and oxygen atoms in total. The van der Waals surface area contributed by atoms with Crippen molar-refractivity contribution in [1.82, 2.24) is 4.90 Å². The van der Waals surface area contributed by atoms with Gasteiger partial charge in [0.2, 0.25) is 0 Å². The van der Waals surface area contributed by atoms with Gasteiger partial charge in [-0.1, -0.05) is 36.2 Å². The quantitative estimate of drug-likeness (QED) is 0.689. The first-order chi connectivity index (χ1) is 12.0. The Balaban J connectivity index is 1.96. The second kappa shape index (κ2) is 7.93. The second-order valence-electron chi connectivity index (χ2n) is 7.02. The number of halogens is 2. The molecular formula is C19H25Cl2NO3. The van der Waals surface area contributed by atoms with Gasteiger partial charge < -0.3 is 9.47 Å². The Kier molecular flexibility index (Phi) is 6.07. The molecule has 5 atom stereocenters. The summed E-state index contributed by atoms with van der Waals surface area (Å²) in [7, 11) is 3.73. The number of fused-ring (bicyclic) bond motifs is 2. The lowest BCUT2D eigenvalue weighted by Crippen LogP contribution is -2.51. The van der Waals surface area contributed by atoms with E-state index in [0.29, 0.717) is 22.5 Å². The van der Waals surface area contributed by atoms with Gasteiger partial charge in [-0.3, -0.25) is 9.69 Å². The smallest absolute Gasteiger partial charge is 0.146 e. The highest BCUT2D eigenvalue weighted by Crippen LogP contribution is 2.48. The van der Waals surface area contributed by atoms with E-state index in [-0.39, 0.29) is 36.6 Å². The number of likely N-dealkylation sites (N-methyl/N-ethyl adjacent to an activating group) is 1. The maximum atomic E-state index is 12.9. The first-order valence-electron chi connectivity index (χ1n) is 8.78. The predicted octanol–water partition coefficient (Wildman–Crippen LogP) is 4.14. The lowest BCUT2D eigenvalue weighted by atomic mass is 9.73. The summed E-state index contributed by atoms with van der Waals surface area (Å²) in [6, 6.07) is 6.21. The van der Waals surface area contributed by atoms with E-state index in [1.54, 1.807) is 7.11 Å². The second-order valence-corrected chi connectivity index (χ2v) is 7.83. The van der Waals surface area contributed by atoms with Crippen LogP contribution in [0.5, 0.6) is 0 Å². The fraction of sp³-hybridized carbons (Fsp3) is 0.632. The van der Waals surface area contributed by atoms with Crippen molar-refractivity contribution in [3.05, 3.63) is 33.8 Å². The highest BCUT2D eigenvalue weighted by atomic mass is 35.5. The van der Waals surface area contributed by atoms with E-state index in [2.05, 4.69) is 11.9 Å². The van der Waals surface area contributed by atoms with E-state index in [9.17, 15) is 4.79 Å². The first-order valence-corrected chi connectivity index (χ1v) is 9.53. The van der Waals surface area contributed by atoms with Crippen LogP contribution in [0, 0.1) is 5.92 Å². The Morgan fingerprint density at radius 3 is 2.68 bits per heavy atom. The van der Waals surface area contributed by atoms with Crippen LogP contribution in [-0.2, 0) is 14.3 Å². The van der Waals surface area contributed by atoms with Gasteiger partial charge in [0.05, 0.1) is 16.1 Å². The van der Waals surface area contributed by atoms with Crippen molar-refractivity contribution in [3.8, 4) is 0 Å². The summed E-state index contributed by atoms with van der Waals surface area (Å²) < 4.78 is 11.0. The predicted molar refractivity (Wildman–Crippen MR) is 99.3 cm³/mol. The molecule has 0 saturated carbocycles. The third kappa shape index (κ3) is 3.60. The number of Topliss-reactive ketones (excluding diaryl/α,β-unsaturated/α-hetero) is 1. The normalized spacial score (nSPS) is 32.1. The Labute approximate surface area is 159 Å². The summed E-state index contributed by atoms with van der Waals surface area (Å²) in [6.07, 6.45) is 2.39. The van der Waals surface area contributed by atoms with Crippen molar-refractivity contribution in [2.24, 2.45) is 5.92 Å². The third-order valence-electron chi connectivity index (χ3n) is 5.75. The van der Waals surface area contributed by atoms with E-state index in [1.807, 2.05) is 25.1 Å². The number of ketones is 1. The number of ether oxygens (including phenoxy) is 2. The number of methoxy groups -OCH3 is 1. The zero-order valence-electron chi connectivity index (χ0n) is 14.9. The van der Waals surface area contributed by atoms with E-state index >= 15 is 0 Å². The van der Waals surface area contributed by atoms with Crippen LogP contribution < -0.4 is 0 Å². The molecule has 138 valence electrons. The Hall–Kier alpha value is -0.650. The molecule has 0 spiro atoms. The fourth-order valence-electron chi connectivity index (χ4n) is 4.56. The monoisotopic (exact) mass is 385 g/mol. The summed E-state index contributed by atoms with van der Waals surface area (Å²) in [5.41, 5.74) is 1.09. The van der Waals surface area contributed by atoms with Crippen molar-refractivity contribution in [2.75, 3.05) is 21.0 Å². The van der Waals surface area contributed by atoms with E-state index in [4.69, 9.17) is 32.7 Å². The van der Waals surface area contributed by atoms with Crippen molar-refractivity contribution < 1.29 is 14.3 Å². The fourth-order valence-corrected chi connectivity index (χ4v) is 4.87. The average Bonchev–Trinajstić information content (AvgIpc) is 2.80. The number of hydrogen-bond acceptors (Lipinski definition) is 4. The Morgan fingerprint density at radius 1 is 1.28 bits per heavy atom. The largest absolute Gasteiger partial charge is 0.359 e. The molecule has 3 unspecified atom stereocenters. The molecule has 2 heterocycles. The molecule has 2 aliphatic rings. The average molecular weight is 386 g/mol. The van der Waals surface area contributed by atoms with E-state index in [1.165, 1.54) is 0 Å². The molecule has 2 fully saturated rings. The Bertz CT molecular complexity index is 639. The van der Waals surface area contributed by atoms with Gasteiger partial charge >= 0.3 is 0 Å². The van der Waals surface area contributed by atoms with Gasteiger partial charge in [-0.15, -0.1) is 0 Å². The number of carbonyl (C=O) groups is 1. The lowest BCUT2D eigenvalue weighted by molar-refractivity contribution is -0.132. The zero-order chi connectivity index (χ0) is 18.1. The topological polar surface area (TPSA) is 38.8 Å². The molecule has 2 saturated heterocycles. The van der Waals surface area contributed by atoms with Gasteiger partial charge in [-0.05, 0) is 43.5 Å². The summed E-state index contributed by atoms with van der Waals surface area (Å²) in [4.78, 5) is 15.2. The molecular weight excluding hydrogens is 361 g/mol. The molecule has 6 heteroatoms. The first kappa shape index (κ1) is 19.1. The van der Waals surface area contributed by atoms with Gasteiger partial charge in [0, 0.05) is 31.5 Å². The van der Waals surface area contributed by atoms with Gasteiger partial charge in [0.25, 0.3) is 0 Å².